The van der Waals surface area contributed by atoms with E-state index in [1.807, 2.05) is 13.0 Å². The number of phenols is 1. The molecule has 4 fully saturated rings. The SMILES string of the molecule is Cc1cccc(O)c1-c1ncc2c(N3CC4CCC(C3)N4)nc(OCC34CCCN3CCC4)nc2c1F. The third-order valence-electron chi connectivity index (χ3n) is 8.93. The molecule has 4 saturated heterocycles. The molecule has 6 heterocycles. The van der Waals surface area contributed by atoms with Gasteiger partial charge in [-0.15, -0.1) is 0 Å². The van der Waals surface area contributed by atoms with Crippen LogP contribution in [0, 0.1) is 12.7 Å². The van der Waals surface area contributed by atoms with E-state index < -0.39 is 5.82 Å². The number of benzene rings is 1. The summed E-state index contributed by atoms with van der Waals surface area (Å²) < 4.78 is 22.5. The normalized spacial score (nSPS) is 24.6. The van der Waals surface area contributed by atoms with Crippen LogP contribution in [0.15, 0.2) is 24.4 Å². The zero-order valence-electron chi connectivity index (χ0n) is 21.2. The Morgan fingerprint density at radius 2 is 1.89 bits per heavy atom. The summed E-state index contributed by atoms with van der Waals surface area (Å²) >= 11 is 0. The summed E-state index contributed by atoms with van der Waals surface area (Å²) in [5, 5.41) is 14.8. The second-order valence-electron chi connectivity index (χ2n) is 11.2. The topological polar surface area (TPSA) is 86.6 Å². The van der Waals surface area contributed by atoms with E-state index in [1.165, 1.54) is 12.8 Å². The van der Waals surface area contributed by atoms with Crippen molar-refractivity contribution in [3.05, 3.63) is 35.8 Å². The summed E-state index contributed by atoms with van der Waals surface area (Å²) in [6, 6.07) is 6.15. The predicted octanol–water partition coefficient (Wildman–Crippen LogP) is 3.79. The minimum absolute atomic E-state index is 0.00292. The predicted molar refractivity (Wildman–Crippen MR) is 140 cm³/mol. The molecule has 37 heavy (non-hydrogen) atoms. The van der Waals surface area contributed by atoms with Crippen LogP contribution in [-0.2, 0) is 0 Å². The van der Waals surface area contributed by atoms with Gasteiger partial charge in [0.15, 0.2) is 5.82 Å². The lowest BCUT2D eigenvalue weighted by molar-refractivity contribution is 0.108. The number of piperazine rings is 1. The molecule has 0 amide bonds. The number of anilines is 1. The Morgan fingerprint density at radius 1 is 1.14 bits per heavy atom. The van der Waals surface area contributed by atoms with Gasteiger partial charge in [0.05, 0.1) is 10.9 Å². The number of nitrogens with one attached hydrogen (secondary N) is 1. The lowest BCUT2D eigenvalue weighted by Crippen LogP contribution is -2.51. The smallest absolute Gasteiger partial charge is 0.319 e. The van der Waals surface area contributed by atoms with Crippen molar-refractivity contribution in [2.75, 3.05) is 37.7 Å². The zero-order chi connectivity index (χ0) is 25.1. The summed E-state index contributed by atoms with van der Waals surface area (Å²) in [5.74, 6) is 0.115. The van der Waals surface area contributed by atoms with Gasteiger partial charge >= 0.3 is 6.01 Å². The molecule has 3 aromatic rings. The van der Waals surface area contributed by atoms with Crippen molar-refractivity contribution in [3.63, 3.8) is 0 Å². The number of aromatic nitrogens is 3. The molecule has 194 valence electrons. The maximum Gasteiger partial charge on any atom is 0.319 e. The van der Waals surface area contributed by atoms with Crippen LogP contribution in [-0.4, -0.2) is 75.4 Å². The van der Waals surface area contributed by atoms with Crippen LogP contribution in [0.3, 0.4) is 0 Å². The maximum atomic E-state index is 16.2. The van der Waals surface area contributed by atoms with Crippen LogP contribution in [0.4, 0.5) is 10.2 Å². The van der Waals surface area contributed by atoms with Gasteiger partial charge in [0.1, 0.15) is 29.4 Å². The first kappa shape index (κ1) is 23.1. The average Bonchev–Trinajstić information content (AvgIpc) is 3.57. The van der Waals surface area contributed by atoms with Crippen molar-refractivity contribution in [2.24, 2.45) is 0 Å². The first-order valence-corrected chi connectivity index (χ1v) is 13.5. The molecule has 0 spiro atoms. The number of aryl methyl sites for hydroxylation is 1. The molecule has 2 bridgehead atoms. The largest absolute Gasteiger partial charge is 0.507 e. The van der Waals surface area contributed by atoms with Crippen LogP contribution >= 0.6 is 0 Å². The van der Waals surface area contributed by atoms with E-state index >= 15 is 4.39 Å². The van der Waals surface area contributed by atoms with Crippen molar-refractivity contribution >= 4 is 16.7 Å². The van der Waals surface area contributed by atoms with Gasteiger partial charge in [-0.3, -0.25) is 9.88 Å². The minimum atomic E-state index is -0.560. The number of aromatic hydroxyl groups is 1. The van der Waals surface area contributed by atoms with E-state index in [0.717, 1.165) is 57.4 Å². The number of ether oxygens (including phenoxy) is 1. The number of hydrogen-bond acceptors (Lipinski definition) is 8. The van der Waals surface area contributed by atoms with Crippen molar-refractivity contribution in [1.82, 2.24) is 25.2 Å². The van der Waals surface area contributed by atoms with E-state index in [-0.39, 0.29) is 28.5 Å². The van der Waals surface area contributed by atoms with Gasteiger partial charge in [0.25, 0.3) is 0 Å². The van der Waals surface area contributed by atoms with E-state index in [4.69, 9.17) is 9.72 Å². The molecular weight excluding hydrogens is 471 g/mol. The number of pyridine rings is 1. The van der Waals surface area contributed by atoms with Gasteiger partial charge in [0, 0.05) is 36.9 Å². The highest BCUT2D eigenvalue weighted by molar-refractivity contribution is 5.92. The van der Waals surface area contributed by atoms with Gasteiger partial charge in [-0.05, 0) is 70.2 Å². The van der Waals surface area contributed by atoms with Crippen molar-refractivity contribution < 1.29 is 14.2 Å². The molecule has 1 aromatic carbocycles. The monoisotopic (exact) mass is 504 g/mol. The fraction of sp³-hybridized carbons (Fsp3) is 0.536. The summed E-state index contributed by atoms with van der Waals surface area (Å²) in [7, 11) is 0. The van der Waals surface area contributed by atoms with Gasteiger partial charge in [-0.1, -0.05) is 12.1 Å². The Kier molecular flexibility index (Phi) is 5.48. The highest BCUT2D eigenvalue weighted by Crippen LogP contribution is 2.40. The average molecular weight is 505 g/mol. The Morgan fingerprint density at radius 3 is 2.62 bits per heavy atom. The number of halogens is 1. The molecule has 0 radical (unpaired) electrons. The second-order valence-corrected chi connectivity index (χ2v) is 11.2. The van der Waals surface area contributed by atoms with Gasteiger partial charge in [0.2, 0.25) is 0 Å². The molecule has 8 nitrogen and oxygen atoms in total. The van der Waals surface area contributed by atoms with Crippen LogP contribution in [0.5, 0.6) is 11.8 Å². The Balaban J connectivity index is 1.33. The number of nitrogens with zero attached hydrogens (tertiary/aromatic N) is 5. The summed E-state index contributed by atoms with van der Waals surface area (Å²) in [5.41, 5.74) is 1.45. The van der Waals surface area contributed by atoms with Crippen LogP contribution < -0.4 is 15.0 Å². The zero-order valence-corrected chi connectivity index (χ0v) is 21.2. The lowest BCUT2D eigenvalue weighted by Gasteiger charge is -2.34. The molecule has 2 N–H and O–H groups in total. The number of phenolic OH excluding ortho intramolecular Hbond substituents is 1. The summed E-state index contributed by atoms with van der Waals surface area (Å²) in [6.07, 6.45) is 8.51. The summed E-state index contributed by atoms with van der Waals surface area (Å²) in [6.45, 7) is 6.19. The molecule has 9 heteroatoms. The Labute approximate surface area is 215 Å². The molecular formula is C28H33FN6O2. The first-order chi connectivity index (χ1) is 18.0. The van der Waals surface area contributed by atoms with Crippen molar-refractivity contribution in [3.8, 4) is 23.0 Å². The number of rotatable bonds is 5. The fourth-order valence-electron chi connectivity index (χ4n) is 7.09. The van der Waals surface area contributed by atoms with E-state index in [9.17, 15) is 5.11 Å². The summed E-state index contributed by atoms with van der Waals surface area (Å²) in [4.78, 5) is 18.7. The first-order valence-electron chi connectivity index (χ1n) is 13.5. The fourth-order valence-corrected chi connectivity index (χ4v) is 7.09. The molecule has 2 atom stereocenters. The van der Waals surface area contributed by atoms with Gasteiger partial charge < -0.3 is 20.1 Å². The highest BCUT2D eigenvalue weighted by Gasteiger charge is 2.45. The standard InChI is InChI=1S/C28H33FN6O2/c1-17-5-2-6-21(36)22(17)25-23(29)24-20(13-30-25)26(34-14-18-7-8-19(15-34)31-18)33-27(32-24)37-16-28-9-3-11-35(28)12-4-10-28/h2,5-6,13,18-19,31,36H,3-4,7-12,14-16H2,1H3. The molecule has 4 aliphatic rings. The molecule has 2 aromatic heterocycles. The van der Waals surface area contributed by atoms with E-state index in [1.54, 1.807) is 18.3 Å². The van der Waals surface area contributed by atoms with E-state index in [2.05, 4.69) is 25.1 Å². The molecule has 0 aliphatic carbocycles. The molecule has 0 saturated carbocycles. The van der Waals surface area contributed by atoms with Crippen LogP contribution in [0.2, 0.25) is 0 Å². The number of hydrogen-bond donors (Lipinski definition) is 2. The third-order valence-corrected chi connectivity index (χ3v) is 8.93. The van der Waals surface area contributed by atoms with Gasteiger partial charge in [-0.25, -0.2) is 4.39 Å². The molecule has 2 unspecified atom stereocenters. The third kappa shape index (κ3) is 3.82. The molecule has 4 aliphatic heterocycles. The Hall–Kier alpha value is -3.04. The number of fused-ring (bicyclic) bond motifs is 4. The van der Waals surface area contributed by atoms with Crippen LogP contribution in [0.25, 0.3) is 22.2 Å². The molecule has 7 rings (SSSR count). The Bertz CT molecular complexity index is 1320. The van der Waals surface area contributed by atoms with Gasteiger partial charge in [-0.2, -0.15) is 9.97 Å². The highest BCUT2D eigenvalue weighted by atomic mass is 19.1. The quantitative estimate of drug-likeness (QED) is 0.543. The van der Waals surface area contributed by atoms with Crippen molar-refractivity contribution in [1.29, 1.82) is 0 Å². The maximum absolute atomic E-state index is 16.2. The van der Waals surface area contributed by atoms with Crippen molar-refractivity contribution in [2.45, 2.75) is 63.1 Å². The van der Waals surface area contributed by atoms with E-state index in [0.29, 0.717) is 35.5 Å². The minimum Gasteiger partial charge on any atom is -0.507 e. The second kappa shape index (κ2) is 8.77. The van der Waals surface area contributed by atoms with Crippen LogP contribution in [0.1, 0.15) is 44.1 Å². The lowest BCUT2D eigenvalue weighted by atomic mass is 9.95.